The van der Waals surface area contributed by atoms with E-state index in [1.807, 2.05) is 25.1 Å². The first-order valence-electron chi connectivity index (χ1n) is 11.1. The number of nitrogens with zero attached hydrogens (tertiary/aromatic N) is 2. The summed E-state index contributed by atoms with van der Waals surface area (Å²) >= 11 is 0. The van der Waals surface area contributed by atoms with Gasteiger partial charge in [0.15, 0.2) is 0 Å². The average Bonchev–Trinajstić information content (AvgIpc) is 3.45. The Morgan fingerprint density at radius 3 is 2.47 bits per heavy atom. The highest BCUT2D eigenvalue weighted by Gasteiger charge is 2.35. The van der Waals surface area contributed by atoms with Crippen LogP contribution in [-0.4, -0.2) is 56.6 Å². The molecule has 2 heterocycles. The van der Waals surface area contributed by atoms with Gasteiger partial charge in [-0.3, -0.25) is 9.59 Å². The van der Waals surface area contributed by atoms with Crippen molar-refractivity contribution in [2.75, 3.05) is 44.1 Å². The highest BCUT2D eigenvalue weighted by atomic mass is 16.5. The fraction of sp³-hybridized carbons (Fsp3) is 0.320. The maximum absolute atomic E-state index is 12.9. The van der Waals surface area contributed by atoms with Gasteiger partial charge in [0.2, 0.25) is 5.91 Å². The molecule has 0 saturated carbocycles. The molecule has 2 N–H and O–H groups in total. The van der Waals surface area contributed by atoms with Crippen molar-refractivity contribution in [1.82, 2.24) is 10.2 Å². The standard InChI is InChI=1S/C25H28N4O5/c1-16-8-4-5-9-18(16)26-23(30)15-29-24(31)19(27-25(29)32)12-17-13-22(34-3)20(14-21(17)33-2)28-10-6-7-11-28/h4-5,8-9,12-14H,6-7,10-11,15H2,1-3H3,(H,26,30)(H,27,32)/b19-12-. The lowest BCUT2D eigenvalue weighted by atomic mass is 10.1. The van der Waals surface area contributed by atoms with Crippen LogP contribution >= 0.6 is 0 Å². The summed E-state index contributed by atoms with van der Waals surface area (Å²) in [6, 6.07) is 10.3. The van der Waals surface area contributed by atoms with Crippen LogP contribution in [0.5, 0.6) is 11.5 Å². The molecule has 2 fully saturated rings. The summed E-state index contributed by atoms with van der Waals surface area (Å²) in [6.07, 6.45) is 3.77. The van der Waals surface area contributed by atoms with Gasteiger partial charge >= 0.3 is 6.03 Å². The van der Waals surface area contributed by atoms with Crippen LogP contribution in [0.1, 0.15) is 24.0 Å². The van der Waals surface area contributed by atoms with E-state index in [1.165, 1.54) is 6.08 Å². The van der Waals surface area contributed by atoms with E-state index in [4.69, 9.17) is 9.47 Å². The number of hydrogen-bond acceptors (Lipinski definition) is 6. The summed E-state index contributed by atoms with van der Waals surface area (Å²) in [5.41, 5.74) is 3.08. The fourth-order valence-electron chi connectivity index (χ4n) is 4.14. The highest BCUT2D eigenvalue weighted by Crippen LogP contribution is 2.38. The molecule has 0 bridgehead atoms. The minimum absolute atomic E-state index is 0.0583. The lowest BCUT2D eigenvalue weighted by Crippen LogP contribution is -2.38. The summed E-state index contributed by atoms with van der Waals surface area (Å²) < 4.78 is 11.1. The second-order valence-electron chi connectivity index (χ2n) is 8.20. The third kappa shape index (κ3) is 4.68. The van der Waals surface area contributed by atoms with Gasteiger partial charge in [0.05, 0.1) is 19.9 Å². The zero-order chi connectivity index (χ0) is 24.2. The number of amides is 4. The molecule has 0 atom stereocenters. The van der Waals surface area contributed by atoms with E-state index in [1.54, 1.807) is 32.4 Å². The predicted molar refractivity (Wildman–Crippen MR) is 129 cm³/mol. The van der Waals surface area contributed by atoms with Crippen LogP contribution in [0.25, 0.3) is 6.08 Å². The van der Waals surface area contributed by atoms with E-state index in [9.17, 15) is 14.4 Å². The normalized spacial score (nSPS) is 16.7. The number of rotatable bonds is 7. The van der Waals surface area contributed by atoms with Crippen molar-refractivity contribution in [1.29, 1.82) is 0 Å². The summed E-state index contributed by atoms with van der Waals surface area (Å²) in [5.74, 6) is 0.150. The molecular weight excluding hydrogens is 436 g/mol. The van der Waals surface area contributed by atoms with E-state index in [0.717, 1.165) is 42.1 Å². The van der Waals surface area contributed by atoms with Gasteiger partial charge in [0, 0.05) is 30.4 Å². The van der Waals surface area contributed by atoms with E-state index < -0.39 is 24.4 Å². The smallest absolute Gasteiger partial charge is 0.329 e. The zero-order valence-electron chi connectivity index (χ0n) is 19.5. The fourth-order valence-corrected chi connectivity index (χ4v) is 4.14. The van der Waals surface area contributed by atoms with Crippen molar-refractivity contribution < 1.29 is 23.9 Å². The van der Waals surface area contributed by atoms with Gasteiger partial charge in [0.1, 0.15) is 23.7 Å². The van der Waals surface area contributed by atoms with Gasteiger partial charge < -0.3 is 25.0 Å². The van der Waals surface area contributed by atoms with E-state index in [-0.39, 0.29) is 5.70 Å². The van der Waals surface area contributed by atoms with Crippen LogP contribution < -0.4 is 25.0 Å². The molecule has 0 aromatic heterocycles. The lowest BCUT2D eigenvalue weighted by molar-refractivity contribution is -0.127. The Bertz CT molecular complexity index is 1150. The number of aryl methyl sites for hydroxylation is 1. The number of carbonyl (C=O) groups is 3. The second-order valence-corrected chi connectivity index (χ2v) is 8.20. The van der Waals surface area contributed by atoms with Crippen LogP contribution in [0, 0.1) is 6.92 Å². The number of urea groups is 1. The van der Waals surface area contributed by atoms with Crippen LogP contribution in [0.4, 0.5) is 16.2 Å². The first kappa shape index (κ1) is 23.2. The zero-order valence-corrected chi connectivity index (χ0v) is 19.5. The van der Waals surface area contributed by atoms with E-state index >= 15 is 0 Å². The quantitative estimate of drug-likeness (QED) is 0.482. The molecule has 0 spiro atoms. The summed E-state index contributed by atoms with van der Waals surface area (Å²) in [7, 11) is 3.14. The van der Waals surface area contributed by atoms with Gasteiger partial charge in [-0.15, -0.1) is 0 Å². The number of imide groups is 1. The number of anilines is 2. The van der Waals surface area contributed by atoms with Crippen LogP contribution in [0.2, 0.25) is 0 Å². The van der Waals surface area contributed by atoms with Crippen molar-refractivity contribution >= 4 is 35.3 Å². The Morgan fingerprint density at radius 2 is 1.79 bits per heavy atom. The van der Waals surface area contributed by atoms with Crippen molar-refractivity contribution in [3.63, 3.8) is 0 Å². The van der Waals surface area contributed by atoms with Crippen LogP contribution in [-0.2, 0) is 9.59 Å². The molecule has 2 aromatic carbocycles. The molecule has 178 valence electrons. The van der Waals surface area contributed by atoms with Crippen molar-refractivity contribution in [3.05, 3.63) is 53.2 Å². The van der Waals surface area contributed by atoms with Gasteiger partial charge in [-0.05, 0) is 43.5 Å². The summed E-state index contributed by atoms with van der Waals surface area (Å²) in [6.45, 7) is 3.34. The topological polar surface area (TPSA) is 100 Å². The first-order valence-corrected chi connectivity index (χ1v) is 11.1. The lowest BCUT2D eigenvalue weighted by Gasteiger charge is -2.22. The van der Waals surface area contributed by atoms with E-state index in [2.05, 4.69) is 15.5 Å². The van der Waals surface area contributed by atoms with E-state index in [0.29, 0.717) is 22.7 Å². The number of benzene rings is 2. The Morgan fingerprint density at radius 1 is 1.09 bits per heavy atom. The molecular formula is C25H28N4O5. The van der Waals surface area contributed by atoms with Crippen molar-refractivity contribution in [2.24, 2.45) is 0 Å². The highest BCUT2D eigenvalue weighted by molar-refractivity contribution is 6.16. The third-order valence-corrected chi connectivity index (χ3v) is 5.96. The molecule has 2 aliphatic rings. The largest absolute Gasteiger partial charge is 0.496 e. The predicted octanol–water partition coefficient (Wildman–Crippen LogP) is 3.14. The molecule has 2 aromatic rings. The number of para-hydroxylation sites is 1. The Labute approximate surface area is 198 Å². The molecule has 4 amide bonds. The molecule has 0 aliphatic carbocycles. The molecule has 2 aliphatic heterocycles. The Balaban J connectivity index is 1.54. The molecule has 0 radical (unpaired) electrons. The van der Waals surface area contributed by atoms with Gasteiger partial charge in [0.25, 0.3) is 5.91 Å². The molecule has 4 rings (SSSR count). The monoisotopic (exact) mass is 464 g/mol. The number of nitrogens with one attached hydrogen (secondary N) is 2. The SMILES string of the molecule is COc1cc(N2CCCC2)c(OC)cc1/C=C1\NC(=O)N(CC(=O)Nc2ccccc2C)C1=O. The average molecular weight is 465 g/mol. The Hall–Kier alpha value is -4.01. The maximum atomic E-state index is 12.9. The third-order valence-electron chi connectivity index (χ3n) is 5.96. The minimum Gasteiger partial charge on any atom is -0.496 e. The molecule has 9 heteroatoms. The van der Waals surface area contributed by atoms with Crippen LogP contribution in [0.15, 0.2) is 42.1 Å². The van der Waals surface area contributed by atoms with Gasteiger partial charge in [-0.25, -0.2) is 9.69 Å². The Kier molecular flexibility index (Phi) is 6.72. The number of methoxy groups -OCH3 is 2. The van der Waals surface area contributed by atoms with Crippen LogP contribution in [0.3, 0.4) is 0 Å². The number of carbonyl (C=O) groups excluding carboxylic acids is 3. The van der Waals surface area contributed by atoms with Gasteiger partial charge in [-0.2, -0.15) is 0 Å². The molecule has 0 unspecified atom stereocenters. The summed E-state index contributed by atoms with van der Waals surface area (Å²) in [4.78, 5) is 41.0. The second kappa shape index (κ2) is 9.86. The summed E-state index contributed by atoms with van der Waals surface area (Å²) in [5, 5.41) is 5.29. The molecule has 9 nitrogen and oxygen atoms in total. The molecule has 34 heavy (non-hydrogen) atoms. The van der Waals surface area contributed by atoms with Crippen molar-refractivity contribution in [3.8, 4) is 11.5 Å². The maximum Gasteiger partial charge on any atom is 0.329 e. The minimum atomic E-state index is -0.657. The first-order chi connectivity index (χ1) is 16.4. The van der Waals surface area contributed by atoms with Gasteiger partial charge in [-0.1, -0.05) is 18.2 Å². The number of ether oxygens (including phenoxy) is 2. The molecule has 2 saturated heterocycles. The number of hydrogen-bond donors (Lipinski definition) is 2. The van der Waals surface area contributed by atoms with Crippen molar-refractivity contribution in [2.45, 2.75) is 19.8 Å².